The molecule has 24 heavy (non-hydrogen) atoms. The Morgan fingerprint density at radius 3 is 2.67 bits per heavy atom. The zero-order valence-electron chi connectivity index (χ0n) is 14.7. The van der Waals surface area contributed by atoms with Crippen molar-refractivity contribution < 1.29 is 4.74 Å². The Labute approximate surface area is 142 Å². The lowest BCUT2D eigenvalue weighted by Crippen LogP contribution is -2.22. The Morgan fingerprint density at radius 1 is 1.17 bits per heavy atom. The summed E-state index contributed by atoms with van der Waals surface area (Å²) in [7, 11) is 1.67. The lowest BCUT2D eigenvalue weighted by atomic mass is 10.1. The summed E-state index contributed by atoms with van der Waals surface area (Å²) in [5.41, 5.74) is 3.80. The molecule has 6 nitrogen and oxygen atoms in total. The molecule has 1 aromatic carbocycles. The fraction of sp³-hybridized carbons (Fsp3) is 0.389. The summed E-state index contributed by atoms with van der Waals surface area (Å²) in [5.74, 6) is 0.804. The van der Waals surface area contributed by atoms with Crippen molar-refractivity contribution in [1.82, 2.24) is 24.9 Å². The van der Waals surface area contributed by atoms with Gasteiger partial charge in [-0.25, -0.2) is 4.68 Å². The van der Waals surface area contributed by atoms with E-state index in [0.29, 0.717) is 0 Å². The third-order valence-corrected chi connectivity index (χ3v) is 4.19. The van der Waals surface area contributed by atoms with Crippen LogP contribution in [0.1, 0.15) is 25.2 Å². The van der Waals surface area contributed by atoms with E-state index in [-0.39, 0.29) is 0 Å². The normalized spacial score (nSPS) is 11.4. The van der Waals surface area contributed by atoms with E-state index < -0.39 is 0 Å². The number of pyridine rings is 1. The van der Waals surface area contributed by atoms with E-state index in [0.717, 1.165) is 53.4 Å². The van der Waals surface area contributed by atoms with Gasteiger partial charge in [0, 0.05) is 17.6 Å². The van der Waals surface area contributed by atoms with E-state index in [1.165, 1.54) is 0 Å². The molecule has 0 N–H and O–H groups in total. The van der Waals surface area contributed by atoms with Crippen molar-refractivity contribution in [3.8, 4) is 11.4 Å². The average molecular weight is 325 g/mol. The highest BCUT2D eigenvalue weighted by molar-refractivity contribution is 5.88. The molecule has 0 saturated carbocycles. The van der Waals surface area contributed by atoms with Crippen LogP contribution in [0.5, 0.6) is 5.75 Å². The minimum absolute atomic E-state index is 0.804. The van der Waals surface area contributed by atoms with Gasteiger partial charge in [-0.15, -0.1) is 5.10 Å². The molecule has 0 radical (unpaired) electrons. The molecule has 0 aliphatic carbocycles. The maximum atomic E-state index is 5.35. The summed E-state index contributed by atoms with van der Waals surface area (Å²) in [6.07, 6.45) is 1.99. The highest BCUT2D eigenvalue weighted by atomic mass is 16.5. The molecule has 2 heterocycles. The predicted molar refractivity (Wildman–Crippen MR) is 94.6 cm³/mol. The highest BCUT2D eigenvalue weighted by Gasteiger charge is 2.11. The molecule has 3 rings (SSSR count). The van der Waals surface area contributed by atoms with E-state index in [2.05, 4.69) is 34.0 Å². The van der Waals surface area contributed by atoms with Gasteiger partial charge in [0.2, 0.25) is 0 Å². The first-order valence-corrected chi connectivity index (χ1v) is 8.24. The van der Waals surface area contributed by atoms with Crippen LogP contribution in [-0.2, 0) is 6.54 Å². The molecule has 126 valence electrons. The second kappa shape index (κ2) is 6.97. The molecular weight excluding hydrogens is 302 g/mol. The number of hydrogen-bond donors (Lipinski definition) is 0. The number of nitrogens with zero attached hydrogens (tertiary/aromatic N) is 5. The molecule has 0 unspecified atom stereocenters. The molecule has 6 heteroatoms. The van der Waals surface area contributed by atoms with Crippen molar-refractivity contribution in [3.05, 3.63) is 41.9 Å². The first kappa shape index (κ1) is 16.4. The maximum Gasteiger partial charge on any atom is 0.119 e. The second-order valence-electron chi connectivity index (χ2n) is 5.78. The van der Waals surface area contributed by atoms with E-state index in [1.54, 1.807) is 7.11 Å². The fourth-order valence-electron chi connectivity index (χ4n) is 2.80. The number of ether oxygens (including phenoxy) is 1. The number of rotatable bonds is 6. The Bertz CT molecular complexity index is 839. The highest BCUT2D eigenvalue weighted by Crippen LogP contribution is 2.26. The number of fused-ring (bicyclic) bond motifs is 1. The SMILES string of the molecule is CCN(CC)Cc1cn(-c2cc(C)nc3ccc(OC)cc23)nn1. The molecule has 0 fully saturated rings. The molecule has 0 aliphatic heterocycles. The fourth-order valence-corrected chi connectivity index (χ4v) is 2.80. The zero-order chi connectivity index (χ0) is 17.1. The summed E-state index contributed by atoms with van der Waals surface area (Å²) in [4.78, 5) is 6.91. The summed E-state index contributed by atoms with van der Waals surface area (Å²) in [5, 5.41) is 9.65. The summed E-state index contributed by atoms with van der Waals surface area (Å²) in [6.45, 7) is 9.09. The third-order valence-electron chi connectivity index (χ3n) is 4.19. The Balaban J connectivity index is 2.04. The quantitative estimate of drug-likeness (QED) is 0.697. The van der Waals surface area contributed by atoms with Gasteiger partial charge in [-0.1, -0.05) is 19.1 Å². The Kier molecular flexibility index (Phi) is 4.76. The van der Waals surface area contributed by atoms with Crippen molar-refractivity contribution in [2.75, 3.05) is 20.2 Å². The summed E-state index contributed by atoms with van der Waals surface area (Å²) >= 11 is 0. The standard InChI is InChI=1S/C18H23N5O/c1-5-22(6-2)11-14-12-23(21-20-14)18-9-13(3)19-17-8-7-15(24-4)10-16(17)18/h7-10,12H,5-6,11H2,1-4H3. The van der Waals surface area contributed by atoms with Crippen LogP contribution in [0.4, 0.5) is 0 Å². The topological polar surface area (TPSA) is 56.1 Å². The Morgan fingerprint density at radius 2 is 1.96 bits per heavy atom. The van der Waals surface area contributed by atoms with Crippen molar-refractivity contribution in [3.63, 3.8) is 0 Å². The number of benzene rings is 1. The van der Waals surface area contributed by atoms with Crippen molar-refractivity contribution in [2.24, 2.45) is 0 Å². The largest absolute Gasteiger partial charge is 0.497 e. The van der Waals surface area contributed by atoms with Crippen LogP contribution in [0.3, 0.4) is 0 Å². The van der Waals surface area contributed by atoms with Gasteiger partial charge in [-0.3, -0.25) is 9.88 Å². The Hall–Kier alpha value is -2.47. The lowest BCUT2D eigenvalue weighted by molar-refractivity contribution is 0.292. The van der Waals surface area contributed by atoms with Crippen molar-refractivity contribution >= 4 is 10.9 Å². The number of aromatic nitrogens is 4. The van der Waals surface area contributed by atoms with Gasteiger partial charge < -0.3 is 4.74 Å². The van der Waals surface area contributed by atoms with Crippen LogP contribution in [-0.4, -0.2) is 45.1 Å². The summed E-state index contributed by atoms with van der Waals surface area (Å²) < 4.78 is 7.18. The molecule has 0 amide bonds. The van der Waals surface area contributed by atoms with Gasteiger partial charge >= 0.3 is 0 Å². The van der Waals surface area contributed by atoms with E-state index in [1.807, 2.05) is 42.1 Å². The smallest absolute Gasteiger partial charge is 0.119 e. The molecular formula is C18H23N5O. The van der Waals surface area contributed by atoms with E-state index >= 15 is 0 Å². The average Bonchev–Trinajstić information content (AvgIpc) is 3.06. The predicted octanol–water partition coefficient (Wildman–Crippen LogP) is 2.97. The lowest BCUT2D eigenvalue weighted by Gasteiger charge is -2.15. The monoisotopic (exact) mass is 325 g/mol. The van der Waals surface area contributed by atoms with Gasteiger partial charge in [0.1, 0.15) is 5.75 Å². The van der Waals surface area contributed by atoms with Gasteiger partial charge in [0.25, 0.3) is 0 Å². The van der Waals surface area contributed by atoms with Crippen LogP contribution in [0, 0.1) is 6.92 Å². The molecule has 3 aromatic rings. The molecule has 0 atom stereocenters. The van der Waals surface area contributed by atoms with Crippen molar-refractivity contribution in [1.29, 1.82) is 0 Å². The van der Waals surface area contributed by atoms with E-state index in [4.69, 9.17) is 4.74 Å². The van der Waals surface area contributed by atoms with Crippen LogP contribution in [0.15, 0.2) is 30.5 Å². The summed E-state index contributed by atoms with van der Waals surface area (Å²) in [6, 6.07) is 7.91. The van der Waals surface area contributed by atoms with Crippen molar-refractivity contribution in [2.45, 2.75) is 27.3 Å². The van der Waals surface area contributed by atoms with E-state index in [9.17, 15) is 0 Å². The van der Waals surface area contributed by atoms with Gasteiger partial charge in [-0.2, -0.15) is 0 Å². The first-order valence-electron chi connectivity index (χ1n) is 8.24. The minimum Gasteiger partial charge on any atom is -0.497 e. The van der Waals surface area contributed by atoms with Gasteiger partial charge in [0.15, 0.2) is 0 Å². The third kappa shape index (κ3) is 3.23. The van der Waals surface area contributed by atoms with Gasteiger partial charge in [-0.05, 0) is 44.3 Å². The van der Waals surface area contributed by atoms with Crippen LogP contribution in [0.2, 0.25) is 0 Å². The minimum atomic E-state index is 0.804. The van der Waals surface area contributed by atoms with Crippen LogP contribution >= 0.6 is 0 Å². The zero-order valence-corrected chi connectivity index (χ0v) is 14.7. The molecule has 0 spiro atoms. The molecule has 0 saturated heterocycles. The number of methoxy groups -OCH3 is 1. The van der Waals surface area contributed by atoms with Gasteiger partial charge in [0.05, 0.1) is 30.2 Å². The van der Waals surface area contributed by atoms with Crippen LogP contribution in [0.25, 0.3) is 16.6 Å². The van der Waals surface area contributed by atoms with Crippen LogP contribution < -0.4 is 4.74 Å². The molecule has 0 bridgehead atoms. The number of hydrogen-bond acceptors (Lipinski definition) is 5. The molecule has 2 aromatic heterocycles. The second-order valence-corrected chi connectivity index (χ2v) is 5.78. The number of aryl methyl sites for hydroxylation is 1. The molecule has 0 aliphatic rings. The maximum absolute atomic E-state index is 5.35. The first-order chi connectivity index (χ1) is 11.6.